The van der Waals surface area contributed by atoms with E-state index in [0.29, 0.717) is 5.92 Å². The van der Waals surface area contributed by atoms with Crippen LogP contribution in [0.3, 0.4) is 0 Å². The number of methoxy groups -OCH3 is 2. The minimum absolute atomic E-state index is 0.216. The van der Waals surface area contributed by atoms with E-state index in [2.05, 4.69) is 38.1 Å². The second-order valence-electron chi connectivity index (χ2n) is 6.92. The van der Waals surface area contributed by atoms with Gasteiger partial charge in [-0.1, -0.05) is 50.2 Å². The van der Waals surface area contributed by atoms with Crippen molar-refractivity contribution in [3.63, 3.8) is 0 Å². The van der Waals surface area contributed by atoms with Crippen molar-refractivity contribution in [2.45, 2.75) is 32.3 Å². The fraction of sp³-hybridized carbons (Fsp3) is 0.280. The van der Waals surface area contributed by atoms with E-state index in [1.165, 1.54) is 5.56 Å². The molecule has 0 radical (unpaired) electrons. The lowest BCUT2D eigenvalue weighted by Crippen LogP contribution is -2.09. The third-order valence-electron chi connectivity index (χ3n) is 5.15. The van der Waals surface area contributed by atoms with Gasteiger partial charge in [-0.05, 0) is 65.4 Å². The Bertz CT molecular complexity index is 804. The first-order chi connectivity index (χ1) is 13.6. The predicted octanol–water partition coefficient (Wildman–Crippen LogP) is 6.39. The predicted molar refractivity (Wildman–Crippen MR) is 114 cm³/mol. The van der Waals surface area contributed by atoms with Gasteiger partial charge in [0.05, 0.1) is 14.2 Å². The summed E-state index contributed by atoms with van der Waals surface area (Å²) in [5.74, 6) is 3.06. The molecule has 0 N–H and O–H groups in total. The van der Waals surface area contributed by atoms with Crippen molar-refractivity contribution in [1.29, 1.82) is 0 Å². The standard InChI is InChI=1S/C25H28O3/c1-5-18(2)19-6-16-24(17-7-19)28-25(20-8-12-22(26-3)13-9-20)21-10-14-23(27-4)15-11-21/h6-18,25H,5H2,1-4H3. The van der Waals surface area contributed by atoms with Crippen LogP contribution in [0.15, 0.2) is 72.8 Å². The van der Waals surface area contributed by atoms with Gasteiger partial charge in [0, 0.05) is 0 Å². The first-order valence-corrected chi connectivity index (χ1v) is 9.69. The Kier molecular flexibility index (Phi) is 6.59. The summed E-state index contributed by atoms with van der Waals surface area (Å²) in [5.41, 5.74) is 3.47. The molecule has 0 bridgehead atoms. The lowest BCUT2D eigenvalue weighted by molar-refractivity contribution is 0.247. The molecular weight excluding hydrogens is 348 g/mol. The molecule has 1 atom stereocenters. The Morgan fingerprint density at radius 3 is 1.39 bits per heavy atom. The largest absolute Gasteiger partial charge is 0.497 e. The summed E-state index contributed by atoms with van der Waals surface area (Å²) in [5, 5.41) is 0. The van der Waals surface area contributed by atoms with E-state index in [0.717, 1.165) is 34.8 Å². The van der Waals surface area contributed by atoms with Crippen LogP contribution >= 0.6 is 0 Å². The molecule has 0 aliphatic carbocycles. The van der Waals surface area contributed by atoms with Gasteiger partial charge in [-0.25, -0.2) is 0 Å². The average molecular weight is 376 g/mol. The fourth-order valence-electron chi connectivity index (χ4n) is 3.13. The van der Waals surface area contributed by atoms with Crippen molar-refractivity contribution < 1.29 is 14.2 Å². The van der Waals surface area contributed by atoms with Gasteiger partial charge < -0.3 is 14.2 Å². The van der Waals surface area contributed by atoms with Gasteiger partial charge in [-0.2, -0.15) is 0 Å². The average Bonchev–Trinajstić information content (AvgIpc) is 2.77. The van der Waals surface area contributed by atoms with Crippen LogP contribution in [0, 0.1) is 0 Å². The quantitative estimate of drug-likeness (QED) is 0.456. The first-order valence-electron chi connectivity index (χ1n) is 9.69. The van der Waals surface area contributed by atoms with Crippen LogP contribution < -0.4 is 14.2 Å². The number of ether oxygens (including phenoxy) is 3. The Morgan fingerprint density at radius 2 is 1.00 bits per heavy atom. The zero-order chi connectivity index (χ0) is 19.9. The molecule has 146 valence electrons. The molecular formula is C25H28O3. The zero-order valence-corrected chi connectivity index (χ0v) is 17.0. The van der Waals surface area contributed by atoms with Gasteiger partial charge in [-0.3, -0.25) is 0 Å². The molecule has 0 heterocycles. The van der Waals surface area contributed by atoms with Crippen molar-refractivity contribution in [1.82, 2.24) is 0 Å². The smallest absolute Gasteiger partial charge is 0.149 e. The van der Waals surface area contributed by atoms with E-state index >= 15 is 0 Å². The Labute approximate surface area is 167 Å². The molecule has 0 aromatic heterocycles. The maximum absolute atomic E-state index is 6.42. The summed E-state index contributed by atoms with van der Waals surface area (Å²) in [6.45, 7) is 4.45. The van der Waals surface area contributed by atoms with E-state index in [1.54, 1.807) is 14.2 Å². The van der Waals surface area contributed by atoms with Crippen molar-refractivity contribution in [2.24, 2.45) is 0 Å². The van der Waals surface area contributed by atoms with Gasteiger partial charge in [0.2, 0.25) is 0 Å². The Hall–Kier alpha value is -2.94. The summed E-state index contributed by atoms with van der Waals surface area (Å²) in [6, 6.07) is 24.4. The van der Waals surface area contributed by atoms with Crippen molar-refractivity contribution in [2.75, 3.05) is 14.2 Å². The van der Waals surface area contributed by atoms with Gasteiger partial charge in [-0.15, -0.1) is 0 Å². The molecule has 0 aliphatic rings. The number of rotatable bonds is 8. The molecule has 3 aromatic carbocycles. The van der Waals surface area contributed by atoms with E-state index in [9.17, 15) is 0 Å². The second-order valence-corrected chi connectivity index (χ2v) is 6.92. The number of hydrogen-bond donors (Lipinski definition) is 0. The Balaban J connectivity index is 1.90. The molecule has 3 aromatic rings. The summed E-state index contributed by atoms with van der Waals surface area (Å²) < 4.78 is 17.0. The molecule has 0 aliphatic heterocycles. The van der Waals surface area contributed by atoms with Crippen molar-refractivity contribution in [3.8, 4) is 17.2 Å². The van der Waals surface area contributed by atoms with Gasteiger partial charge in [0.25, 0.3) is 0 Å². The monoisotopic (exact) mass is 376 g/mol. The van der Waals surface area contributed by atoms with Crippen LogP contribution in [0.4, 0.5) is 0 Å². The Morgan fingerprint density at radius 1 is 0.607 bits per heavy atom. The topological polar surface area (TPSA) is 27.7 Å². The molecule has 28 heavy (non-hydrogen) atoms. The van der Waals surface area contributed by atoms with Crippen LogP contribution in [-0.4, -0.2) is 14.2 Å². The molecule has 0 fully saturated rings. The molecule has 0 saturated heterocycles. The molecule has 3 rings (SSSR count). The minimum Gasteiger partial charge on any atom is -0.497 e. The molecule has 1 unspecified atom stereocenters. The highest BCUT2D eigenvalue weighted by Crippen LogP contribution is 2.31. The highest BCUT2D eigenvalue weighted by molar-refractivity contribution is 5.38. The van der Waals surface area contributed by atoms with Crippen LogP contribution in [-0.2, 0) is 0 Å². The minimum atomic E-state index is -0.216. The zero-order valence-electron chi connectivity index (χ0n) is 17.0. The lowest BCUT2D eigenvalue weighted by atomic mass is 9.98. The number of benzene rings is 3. The highest BCUT2D eigenvalue weighted by atomic mass is 16.5. The maximum atomic E-state index is 6.42. The van der Waals surface area contributed by atoms with Gasteiger partial charge in [0.1, 0.15) is 23.4 Å². The molecule has 0 amide bonds. The van der Waals surface area contributed by atoms with Crippen molar-refractivity contribution in [3.05, 3.63) is 89.5 Å². The van der Waals surface area contributed by atoms with Gasteiger partial charge >= 0.3 is 0 Å². The SMILES string of the molecule is CCC(C)c1ccc(OC(c2ccc(OC)cc2)c2ccc(OC)cc2)cc1. The van der Waals surface area contributed by atoms with Gasteiger partial charge in [0.15, 0.2) is 0 Å². The summed E-state index contributed by atoms with van der Waals surface area (Å²) in [4.78, 5) is 0. The van der Waals surface area contributed by atoms with Crippen LogP contribution in [0.1, 0.15) is 49.0 Å². The van der Waals surface area contributed by atoms with Crippen LogP contribution in [0.2, 0.25) is 0 Å². The van der Waals surface area contributed by atoms with Crippen LogP contribution in [0.5, 0.6) is 17.2 Å². The first kappa shape index (κ1) is 19.8. The third-order valence-corrected chi connectivity index (χ3v) is 5.15. The van der Waals surface area contributed by atoms with E-state index in [4.69, 9.17) is 14.2 Å². The van der Waals surface area contributed by atoms with Crippen molar-refractivity contribution >= 4 is 0 Å². The van der Waals surface area contributed by atoms with Crippen LogP contribution in [0.25, 0.3) is 0 Å². The van der Waals surface area contributed by atoms with E-state index < -0.39 is 0 Å². The number of hydrogen-bond acceptors (Lipinski definition) is 3. The maximum Gasteiger partial charge on any atom is 0.149 e. The molecule has 0 spiro atoms. The summed E-state index contributed by atoms with van der Waals surface area (Å²) >= 11 is 0. The normalized spacial score (nSPS) is 11.9. The second kappa shape index (κ2) is 9.32. The lowest BCUT2D eigenvalue weighted by Gasteiger charge is -2.21. The molecule has 3 nitrogen and oxygen atoms in total. The summed E-state index contributed by atoms with van der Waals surface area (Å²) in [7, 11) is 3.34. The van der Waals surface area contributed by atoms with E-state index in [1.807, 2.05) is 48.5 Å². The van der Waals surface area contributed by atoms with E-state index in [-0.39, 0.29) is 6.10 Å². The fourth-order valence-corrected chi connectivity index (χ4v) is 3.13. The molecule has 3 heteroatoms. The highest BCUT2D eigenvalue weighted by Gasteiger charge is 2.17. The molecule has 0 saturated carbocycles. The summed E-state index contributed by atoms with van der Waals surface area (Å²) in [6.07, 6.45) is 0.909. The third kappa shape index (κ3) is 4.66.